The number of benzene rings is 1. The molecule has 1 aliphatic rings. The number of carbonyl (C=O) groups excluding carboxylic acids is 2. The van der Waals surface area contributed by atoms with Crippen LogP contribution in [0.4, 0.5) is 13.2 Å². The van der Waals surface area contributed by atoms with Crippen LogP contribution in [0.2, 0.25) is 0 Å². The smallest absolute Gasteiger partial charge is 0.266 e. The first-order valence-electron chi connectivity index (χ1n) is 5.91. The van der Waals surface area contributed by atoms with Crippen LogP contribution in [0.5, 0.6) is 0 Å². The van der Waals surface area contributed by atoms with E-state index in [-0.39, 0.29) is 22.0 Å². The third-order valence-electron chi connectivity index (χ3n) is 3.05. The Balaban J connectivity index is 2.15. The van der Waals surface area contributed by atoms with E-state index in [1.54, 1.807) is 0 Å². The molecular weight excluding hydrogens is 341 g/mol. The highest BCUT2D eigenvalue weighted by atomic mass is 32.2. The quantitative estimate of drug-likeness (QED) is 0.606. The molecule has 120 valence electrons. The highest BCUT2D eigenvalue weighted by Crippen LogP contribution is 2.32. The Morgan fingerprint density at radius 3 is 2.26 bits per heavy atom. The van der Waals surface area contributed by atoms with Crippen LogP contribution in [0, 0.1) is 0 Å². The predicted molar refractivity (Wildman–Crippen MR) is 68.3 cm³/mol. The number of halogens is 3. The molecule has 2 aromatic rings. The minimum Gasteiger partial charge on any atom is -0.266 e. The second kappa shape index (κ2) is 4.73. The number of amides is 2. The van der Waals surface area contributed by atoms with Gasteiger partial charge in [0.1, 0.15) is 0 Å². The molecule has 0 unspecified atom stereocenters. The Morgan fingerprint density at radius 1 is 1.04 bits per heavy atom. The molecule has 3 rings (SSSR count). The number of aromatic nitrogens is 1. The van der Waals surface area contributed by atoms with Crippen LogP contribution in [0.25, 0.3) is 10.9 Å². The van der Waals surface area contributed by atoms with Crippen LogP contribution in [0.3, 0.4) is 0 Å². The summed E-state index contributed by atoms with van der Waals surface area (Å²) < 4.78 is 63.0. The average Bonchev–Trinajstić information content (AvgIpc) is 2.48. The van der Waals surface area contributed by atoms with Crippen LogP contribution in [-0.2, 0) is 14.4 Å². The first-order chi connectivity index (χ1) is 10.6. The molecular formula is C12H5F3N2O5S. The molecule has 0 fully saturated rings. The molecule has 1 aromatic heterocycles. The van der Waals surface area contributed by atoms with E-state index in [4.69, 9.17) is 0 Å². The van der Waals surface area contributed by atoms with E-state index in [9.17, 15) is 31.2 Å². The maximum atomic E-state index is 12.4. The van der Waals surface area contributed by atoms with E-state index < -0.39 is 32.5 Å². The molecule has 0 radical (unpaired) electrons. The van der Waals surface area contributed by atoms with Gasteiger partial charge < -0.3 is 0 Å². The summed E-state index contributed by atoms with van der Waals surface area (Å²) in [5, 5.41) is -0.297. The fraction of sp³-hybridized carbons (Fsp3) is 0.0833. The number of hydrogen-bond acceptors (Lipinski definition) is 6. The van der Waals surface area contributed by atoms with Crippen LogP contribution in [0.1, 0.15) is 20.7 Å². The number of hydroxylamine groups is 2. The van der Waals surface area contributed by atoms with Crippen molar-refractivity contribution in [3.05, 3.63) is 41.6 Å². The molecule has 23 heavy (non-hydrogen) atoms. The zero-order chi connectivity index (χ0) is 17.0. The fourth-order valence-electron chi connectivity index (χ4n) is 2.08. The molecule has 0 saturated carbocycles. The summed E-state index contributed by atoms with van der Waals surface area (Å²) in [7, 11) is -6.17. The molecule has 0 N–H and O–H groups in total. The SMILES string of the molecule is O=C1c2cccc3nccc(c23)C(=O)N1OS(=O)(=O)C(F)(F)F. The minimum absolute atomic E-state index is 0.120. The van der Waals surface area contributed by atoms with E-state index >= 15 is 0 Å². The van der Waals surface area contributed by atoms with Gasteiger partial charge in [-0.1, -0.05) is 6.07 Å². The van der Waals surface area contributed by atoms with Gasteiger partial charge in [0.25, 0.3) is 11.8 Å². The van der Waals surface area contributed by atoms with E-state index in [1.165, 1.54) is 24.4 Å². The van der Waals surface area contributed by atoms with Gasteiger partial charge in [-0.2, -0.15) is 21.6 Å². The van der Waals surface area contributed by atoms with Crippen molar-refractivity contribution in [2.45, 2.75) is 5.51 Å². The lowest BCUT2D eigenvalue weighted by Crippen LogP contribution is -2.44. The highest BCUT2D eigenvalue weighted by molar-refractivity contribution is 7.87. The van der Waals surface area contributed by atoms with E-state index in [0.717, 1.165) is 6.07 Å². The monoisotopic (exact) mass is 346 g/mol. The highest BCUT2D eigenvalue weighted by Gasteiger charge is 2.51. The summed E-state index contributed by atoms with van der Waals surface area (Å²) in [6, 6.07) is 5.25. The Bertz CT molecular complexity index is 904. The maximum Gasteiger partial charge on any atom is 0.525 e. The Kier molecular flexibility index (Phi) is 3.16. The van der Waals surface area contributed by atoms with Crippen molar-refractivity contribution in [2.75, 3.05) is 0 Å². The topological polar surface area (TPSA) is 93.6 Å². The normalized spacial score (nSPS) is 15.3. The molecule has 0 spiro atoms. The van der Waals surface area contributed by atoms with Gasteiger partial charge in [0.05, 0.1) is 16.6 Å². The van der Waals surface area contributed by atoms with E-state index in [2.05, 4.69) is 9.27 Å². The summed E-state index contributed by atoms with van der Waals surface area (Å²) in [6.07, 6.45) is 1.20. The lowest BCUT2D eigenvalue weighted by atomic mass is 9.98. The molecule has 2 amide bonds. The number of carbonyl (C=O) groups is 2. The molecule has 2 heterocycles. The largest absolute Gasteiger partial charge is 0.525 e. The fourth-order valence-corrected chi connectivity index (χ4v) is 2.50. The van der Waals surface area contributed by atoms with Crippen LogP contribution >= 0.6 is 0 Å². The lowest BCUT2D eigenvalue weighted by molar-refractivity contribution is -0.0761. The van der Waals surface area contributed by atoms with Gasteiger partial charge in [0.2, 0.25) is 0 Å². The van der Waals surface area contributed by atoms with Gasteiger partial charge in [-0.25, -0.2) is 0 Å². The number of hydrogen-bond donors (Lipinski definition) is 0. The molecule has 11 heteroatoms. The van der Waals surface area contributed by atoms with Crippen molar-refractivity contribution in [1.82, 2.24) is 10.0 Å². The summed E-state index contributed by atoms with van der Waals surface area (Å²) in [6.45, 7) is 0. The second-order valence-corrected chi connectivity index (χ2v) is 5.96. The van der Waals surface area contributed by atoms with Crippen LogP contribution in [0.15, 0.2) is 30.5 Å². The average molecular weight is 346 g/mol. The molecule has 0 aliphatic carbocycles. The summed E-state index contributed by atoms with van der Waals surface area (Å²) in [4.78, 5) is 28.2. The number of rotatable bonds is 2. The molecule has 0 atom stereocenters. The zero-order valence-electron chi connectivity index (χ0n) is 10.9. The molecule has 0 saturated heterocycles. The van der Waals surface area contributed by atoms with Crippen molar-refractivity contribution < 1.29 is 35.5 Å². The third kappa shape index (κ3) is 2.24. The van der Waals surface area contributed by atoms with Crippen LogP contribution < -0.4 is 0 Å². The van der Waals surface area contributed by atoms with Crippen molar-refractivity contribution >= 4 is 32.8 Å². The molecule has 1 aliphatic heterocycles. The van der Waals surface area contributed by atoms with Crippen molar-refractivity contribution in [3.63, 3.8) is 0 Å². The van der Waals surface area contributed by atoms with Gasteiger partial charge in [-0.05, 0) is 18.2 Å². The number of nitrogens with zero attached hydrogens (tertiary/aromatic N) is 2. The van der Waals surface area contributed by atoms with E-state index in [0.29, 0.717) is 0 Å². The second-order valence-electron chi connectivity index (χ2n) is 4.44. The third-order valence-corrected chi connectivity index (χ3v) is 3.96. The molecule has 7 nitrogen and oxygen atoms in total. The van der Waals surface area contributed by atoms with Gasteiger partial charge >= 0.3 is 15.6 Å². The maximum absolute atomic E-state index is 12.4. The minimum atomic E-state index is -6.17. The van der Waals surface area contributed by atoms with Crippen LogP contribution in [-0.4, -0.2) is 35.8 Å². The summed E-state index contributed by atoms with van der Waals surface area (Å²) >= 11 is 0. The zero-order valence-corrected chi connectivity index (χ0v) is 11.7. The van der Waals surface area contributed by atoms with Crippen molar-refractivity contribution in [2.24, 2.45) is 0 Å². The predicted octanol–water partition coefficient (Wildman–Crippen LogP) is 1.61. The molecule has 0 bridgehead atoms. The Labute approximate surface area is 126 Å². The first kappa shape index (κ1) is 15.4. The molecule has 1 aromatic carbocycles. The van der Waals surface area contributed by atoms with Gasteiger partial charge in [-0.15, -0.1) is 9.35 Å². The van der Waals surface area contributed by atoms with Gasteiger partial charge in [0.15, 0.2) is 0 Å². The van der Waals surface area contributed by atoms with E-state index in [1.807, 2.05) is 0 Å². The number of pyridine rings is 1. The van der Waals surface area contributed by atoms with Crippen molar-refractivity contribution in [1.29, 1.82) is 0 Å². The van der Waals surface area contributed by atoms with Gasteiger partial charge in [0, 0.05) is 11.6 Å². The van der Waals surface area contributed by atoms with Gasteiger partial charge in [-0.3, -0.25) is 14.6 Å². The van der Waals surface area contributed by atoms with Crippen molar-refractivity contribution in [3.8, 4) is 0 Å². The summed E-state index contributed by atoms with van der Waals surface area (Å²) in [5.41, 5.74) is -5.90. The Morgan fingerprint density at radius 2 is 1.65 bits per heavy atom. The number of imide groups is 1. The lowest BCUT2D eigenvalue weighted by Gasteiger charge is -2.25. The summed E-state index contributed by atoms with van der Waals surface area (Å²) in [5.74, 6) is -2.65. The Hall–Kier alpha value is -2.53. The standard InChI is InChI=1S/C12H5F3N2O5S/c13-12(14,15)23(20,21)22-17-10(18)6-2-1-3-8-9(6)7(11(17)19)4-5-16-8/h1-5H. The first-order valence-corrected chi connectivity index (χ1v) is 7.32. The number of alkyl halides is 3.